The molecule has 110 valence electrons. The van der Waals surface area contributed by atoms with Gasteiger partial charge in [0.15, 0.2) is 0 Å². The average Bonchev–Trinajstić information content (AvgIpc) is 2.54. The molecule has 4 rings (SSSR count). The zero-order valence-corrected chi connectivity index (χ0v) is 12.7. The maximum Gasteiger partial charge on any atom is 0.320 e. The van der Waals surface area contributed by atoms with E-state index in [1.165, 1.54) is 11.1 Å². The molecule has 2 aromatic rings. The highest BCUT2D eigenvalue weighted by atomic mass is 35.5. The number of hydrogen-bond donors (Lipinski definition) is 2. The summed E-state index contributed by atoms with van der Waals surface area (Å²) in [6.07, 6.45) is 1.89. The SMILES string of the molecule is O=C1NC2=C(CCc3ccccc32)C(c2ccccc2Cl)N1. The van der Waals surface area contributed by atoms with E-state index in [-0.39, 0.29) is 12.1 Å². The fourth-order valence-corrected chi connectivity index (χ4v) is 3.57. The number of amides is 2. The second-order valence-electron chi connectivity index (χ2n) is 5.61. The van der Waals surface area contributed by atoms with Crippen LogP contribution in [-0.2, 0) is 6.42 Å². The first-order valence-electron chi connectivity index (χ1n) is 7.37. The number of halogens is 1. The van der Waals surface area contributed by atoms with Crippen molar-refractivity contribution in [1.82, 2.24) is 10.6 Å². The number of benzene rings is 2. The number of urea groups is 1. The van der Waals surface area contributed by atoms with Gasteiger partial charge in [0.2, 0.25) is 0 Å². The van der Waals surface area contributed by atoms with Crippen LogP contribution in [0.5, 0.6) is 0 Å². The molecule has 4 heteroatoms. The number of carbonyl (C=O) groups is 1. The molecular formula is C18H15ClN2O. The van der Waals surface area contributed by atoms with Gasteiger partial charge in [0.25, 0.3) is 0 Å². The maximum atomic E-state index is 12.1. The topological polar surface area (TPSA) is 41.1 Å². The van der Waals surface area contributed by atoms with Crippen LogP contribution >= 0.6 is 11.6 Å². The lowest BCUT2D eigenvalue weighted by molar-refractivity contribution is 0.240. The predicted molar refractivity (Wildman–Crippen MR) is 87.5 cm³/mol. The third-order valence-electron chi connectivity index (χ3n) is 4.35. The smallest absolute Gasteiger partial charge is 0.320 e. The largest absolute Gasteiger partial charge is 0.327 e. The molecule has 2 aromatic carbocycles. The molecule has 22 heavy (non-hydrogen) atoms. The van der Waals surface area contributed by atoms with Gasteiger partial charge in [0.1, 0.15) is 0 Å². The van der Waals surface area contributed by atoms with E-state index >= 15 is 0 Å². The molecule has 2 amide bonds. The van der Waals surface area contributed by atoms with Gasteiger partial charge in [-0.05, 0) is 35.6 Å². The van der Waals surface area contributed by atoms with Gasteiger partial charge in [-0.3, -0.25) is 0 Å². The number of nitrogens with one attached hydrogen (secondary N) is 2. The molecule has 1 atom stereocenters. The van der Waals surface area contributed by atoms with Crippen molar-refractivity contribution >= 4 is 23.3 Å². The van der Waals surface area contributed by atoms with E-state index in [0.717, 1.165) is 29.7 Å². The molecule has 0 aromatic heterocycles. The predicted octanol–water partition coefficient (Wildman–Crippen LogP) is 4.05. The Morgan fingerprint density at radius 1 is 1.00 bits per heavy atom. The molecule has 0 bridgehead atoms. The zero-order chi connectivity index (χ0) is 15.1. The first-order chi connectivity index (χ1) is 10.7. The van der Waals surface area contributed by atoms with Gasteiger partial charge in [0.05, 0.1) is 11.7 Å². The fraction of sp³-hybridized carbons (Fsp3) is 0.167. The van der Waals surface area contributed by atoms with Crippen LogP contribution in [0.3, 0.4) is 0 Å². The summed E-state index contributed by atoms with van der Waals surface area (Å²) in [4.78, 5) is 12.1. The highest BCUT2D eigenvalue weighted by Gasteiger charge is 2.32. The van der Waals surface area contributed by atoms with Crippen molar-refractivity contribution in [3.63, 3.8) is 0 Å². The molecule has 0 radical (unpaired) electrons. The van der Waals surface area contributed by atoms with Crippen LogP contribution in [0.1, 0.15) is 29.2 Å². The summed E-state index contributed by atoms with van der Waals surface area (Å²) < 4.78 is 0. The minimum Gasteiger partial charge on any atom is -0.327 e. The average molecular weight is 311 g/mol. The molecule has 0 spiro atoms. The Hall–Kier alpha value is -2.26. The van der Waals surface area contributed by atoms with E-state index in [9.17, 15) is 4.79 Å². The van der Waals surface area contributed by atoms with E-state index < -0.39 is 0 Å². The highest BCUT2D eigenvalue weighted by Crippen LogP contribution is 2.40. The molecule has 1 heterocycles. The molecule has 2 aliphatic rings. The summed E-state index contributed by atoms with van der Waals surface area (Å²) in [5.41, 5.74) is 5.49. The molecule has 1 aliphatic heterocycles. The Balaban J connectivity index is 1.88. The molecular weight excluding hydrogens is 296 g/mol. The quantitative estimate of drug-likeness (QED) is 0.819. The first-order valence-corrected chi connectivity index (χ1v) is 7.75. The van der Waals surface area contributed by atoms with Crippen molar-refractivity contribution in [2.24, 2.45) is 0 Å². The van der Waals surface area contributed by atoms with Crippen LogP contribution in [-0.4, -0.2) is 6.03 Å². The Morgan fingerprint density at radius 2 is 1.77 bits per heavy atom. The van der Waals surface area contributed by atoms with Crippen molar-refractivity contribution < 1.29 is 4.79 Å². The van der Waals surface area contributed by atoms with Gasteiger partial charge in [-0.2, -0.15) is 0 Å². The Labute approximate surface area is 134 Å². The fourth-order valence-electron chi connectivity index (χ4n) is 3.33. The summed E-state index contributed by atoms with van der Waals surface area (Å²) >= 11 is 6.34. The highest BCUT2D eigenvalue weighted by molar-refractivity contribution is 6.31. The Kier molecular flexibility index (Phi) is 3.16. The second-order valence-corrected chi connectivity index (χ2v) is 6.02. The van der Waals surface area contributed by atoms with E-state index in [1.54, 1.807) is 0 Å². The van der Waals surface area contributed by atoms with Crippen LogP contribution in [0.25, 0.3) is 5.70 Å². The van der Waals surface area contributed by atoms with Gasteiger partial charge in [-0.25, -0.2) is 4.79 Å². The lowest BCUT2D eigenvalue weighted by Crippen LogP contribution is -2.44. The molecule has 0 fully saturated rings. The van der Waals surface area contributed by atoms with Crippen LogP contribution in [0.2, 0.25) is 5.02 Å². The van der Waals surface area contributed by atoms with E-state index in [4.69, 9.17) is 11.6 Å². The van der Waals surface area contributed by atoms with Gasteiger partial charge in [0, 0.05) is 10.6 Å². The standard InChI is InChI=1S/C18H15ClN2O/c19-15-8-4-3-7-13(15)17-14-10-9-11-5-1-2-6-12(11)16(14)20-18(22)21-17/h1-8,17H,9-10H2,(H2,20,21,22). The minimum atomic E-state index is -0.180. The van der Waals surface area contributed by atoms with Crippen molar-refractivity contribution in [3.8, 4) is 0 Å². The van der Waals surface area contributed by atoms with Crippen molar-refractivity contribution in [1.29, 1.82) is 0 Å². The number of hydrogen-bond acceptors (Lipinski definition) is 1. The molecule has 1 aliphatic carbocycles. The summed E-state index contributed by atoms with van der Waals surface area (Å²) in [6.45, 7) is 0. The van der Waals surface area contributed by atoms with Crippen molar-refractivity contribution in [2.75, 3.05) is 0 Å². The lowest BCUT2D eigenvalue weighted by atomic mass is 9.83. The summed E-state index contributed by atoms with van der Waals surface area (Å²) in [7, 11) is 0. The van der Waals surface area contributed by atoms with Crippen molar-refractivity contribution in [2.45, 2.75) is 18.9 Å². The number of aryl methyl sites for hydroxylation is 1. The molecule has 0 saturated heterocycles. The minimum absolute atomic E-state index is 0.161. The lowest BCUT2D eigenvalue weighted by Gasteiger charge is -2.34. The molecule has 3 nitrogen and oxygen atoms in total. The van der Waals surface area contributed by atoms with Gasteiger partial charge >= 0.3 is 6.03 Å². The zero-order valence-electron chi connectivity index (χ0n) is 11.9. The van der Waals surface area contributed by atoms with E-state index in [2.05, 4.69) is 22.8 Å². The normalized spacial score (nSPS) is 19.9. The van der Waals surface area contributed by atoms with Crippen LogP contribution in [0.4, 0.5) is 4.79 Å². The molecule has 2 N–H and O–H groups in total. The van der Waals surface area contributed by atoms with Crippen LogP contribution in [0.15, 0.2) is 54.1 Å². The Morgan fingerprint density at radius 3 is 2.64 bits per heavy atom. The summed E-state index contributed by atoms with van der Waals surface area (Å²) in [6, 6.07) is 15.6. The van der Waals surface area contributed by atoms with Gasteiger partial charge < -0.3 is 10.6 Å². The van der Waals surface area contributed by atoms with Crippen LogP contribution < -0.4 is 10.6 Å². The third-order valence-corrected chi connectivity index (χ3v) is 4.69. The van der Waals surface area contributed by atoms with Crippen LogP contribution in [0, 0.1) is 0 Å². The Bertz CT molecular complexity index is 797. The maximum absolute atomic E-state index is 12.1. The van der Waals surface area contributed by atoms with E-state index in [0.29, 0.717) is 5.02 Å². The third kappa shape index (κ3) is 2.09. The monoisotopic (exact) mass is 310 g/mol. The number of carbonyl (C=O) groups excluding carboxylic acids is 1. The number of rotatable bonds is 1. The molecule has 0 saturated carbocycles. The van der Waals surface area contributed by atoms with Gasteiger partial charge in [-0.15, -0.1) is 0 Å². The van der Waals surface area contributed by atoms with Gasteiger partial charge in [-0.1, -0.05) is 54.1 Å². The van der Waals surface area contributed by atoms with E-state index in [1.807, 2.05) is 36.4 Å². The number of fused-ring (bicyclic) bond motifs is 2. The summed E-state index contributed by atoms with van der Waals surface area (Å²) in [5, 5.41) is 6.67. The van der Waals surface area contributed by atoms with Crippen molar-refractivity contribution in [3.05, 3.63) is 75.8 Å². The second kappa shape index (κ2) is 5.18. The first kappa shape index (κ1) is 13.4. The molecule has 1 unspecified atom stereocenters. The summed E-state index contributed by atoms with van der Waals surface area (Å²) in [5.74, 6) is 0.